The zero-order chi connectivity index (χ0) is 22.1. The van der Waals surface area contributed by atoms with Crippen LogP contribution in [-0.4, -0.2) is 51.0 Å². The molecule has 0 aromatic rings. The highest BCUT2D eigenvalue weighted by Gasteiger charge is 2.54. The van der Waals surface area contributed by atoms with Crippen LogP contribution in [0.2, 0.25) is 34.8 Å². The van der Waals surface area contributed by atoms with E-state index < -0.39 is 34.2 Å². The van der Waals surface area contributed by atoms with E-state index in [1.54, 1.807) is 6.61 Å². The Bertz CT molecular complexity index is 562. The van der Waals surface area contributed by atoms with Gasteiger partial charge in [0.2, 0.25) is 0 Å². The van der Waals surface area contributed by atoms with Gasteiger partial charge in [0.1, 0.15) is 26.9 Å². The largest absolute Gasteiger partial charge is 0.407 e. The minimum Gasteiger partial charge on any atom is -0.407 e. The lowest BCUT2D eigenvalue weighted by atomic mass is 9.95. The van der Waals surface area contributed by atoms with Crippen LogP contribution in [0.3, 0.4) is 0 Å². The third kappa shape index (κ3) is 4.76. The maximum Gasteiger partial charge on any atom is 0.192 e. The first-order chi connectivity index (χ1) is 12.6. The topological polar surface area (TPSA) is 58.9 Å². The number of hydrogen-bond acceptors (Lipinski definition) is 4. The molecule has 1 fully saturated rings. The molecule has 4 nitrogen and oxygen atoms in total. The molecule has 0 spiro atoms. The van der Waals surface area contributed by atoms with Crippen molar-refractivity contribution in [3.63, 3.8) is 0 Å². The SMILES string of the molecule is CC(C)[Si](C#C[C@]1(O)[C@@H](O[Si](C)(C)C(C)(C)C)[CH]O[C@@H]1CO)(C(C)C)C(C)C. The van der Waals surface area contributed by atoms with Gasteiger partial charge in [-0.25, -0.2) is 0 Å². The first-order valence-corrected chi connectivity index (χ1v) is 15.7. The Morgan fingerprint density at radius 3 is 1.89 bits per heavy atom. The van der Waals surface area contributed by atoms with Crippen LogP contribution >= 0.6 is 0 Å². The van der Waals surface area contributed by atoms with Gasteiger partial charge in [0.15, 0.2) is 13.9 Å². The fourth-order valence-electron chi connectivity index (χ4n) is 4.14. The normalized spacial score (nSPS) is 26.9. The molecular weight excluding hydrogens is 384 g/mol. The average Bonchev–Trinajstić information content (AvgIpc) is 2.81. The molecule has 2 N–H and O–H groups in total. The van der Waals surface area contributed by atoms with Crippen molar-refractivity contribution in [3.8, 4) is 11.5 Å². The minimum atomic E-state index is -2.15. The summed E-state index contributed by atoms with van der Waals surface area (Å²) in [6.45, 7) is 25.5. The summed E-state index contributed by atoms with van der Waals surface area (Å²) in [6, 6.07) is 0. The van der Waals surface area contributed by atoms with Gasteiger partial charge in [0, 0.05) is 0 Å². The molecule has 0 amide bonds. The minimum absolute atomic E-state index is 0.00120. The second-order valence-electron chi connectivity index (χ2n) is 10.7. The van der Waals surface area contributed by atoms with Crippen molar-refractivity contribution in [1.82, 2.24) is 0 Å². The maximum absolute atomic E-state index is 11.6. The van der Waals surface area contributed by atoms with E-state index in [2.05, 4.69) is 86.9 Å². The lowest BCUT2D eigenvalue weighted by Gasteiger charge is -2.41. The van der Waals surface area contributed by atoms with E-state index >= 15 is 0 Å². The number of aliphatic hydroxyl groups is 2. The van der Waals surface area contributed by atoms with Crippen molar-refractivity contribution < 1.29 is 19.4 Å². The van der Waals surface area contributed by atoms with Crippen LogP contribution in [-0.2, 0) is 9.16 Å². The van der Waals surface area contributed by atoms with Gasteiger partial charge >= 0.3 is 0 Å². The molecule has 1 aliphatic rings. The summed E-state index contributed by atoms with van der Waals surface area (Å²) in [7, 11) is -4.18. The Morgan fingerprint density at radius 2 is 1.54 bits per heavy atom. The molecule has 1 saturated heterocycles. The molecule has 0 aromatic heterocycles. The number of rotatable bonds is 6. The lowest BCUT2D eigenvalue weighted by Crippen LogP contribution is -2.54. The second kappa shape index (κ2) is 8.91. The Labute approximate surface area is 175 Å². The molecule has 0 aromatic carbocycles. The Balaban J connectivity index is 3.42. The molecule has 0 bridgehead atoms. The zero-order valence-corrected chi connectivity index (χ0v) is 21.9. The molecule has 1 aliphatic heterocycles. The first kappa shape index (κ1) is 25.9. The highest BCUT2D eigenvalue weighted by atomic mass is 28.4. The molecule has 1 heterocycles. The van der Waals surface area contributed by atoms with Gasteiger partial charge in [-0.2, -0.15) is 0 Å². The quantitative estimate of drug-likeness (QED) is 0.468. The van der Waals surface area contributed by atoms with E-state index in [-0.39, 0.29) is 11.6 Å². The van der Waals surface area contributed by atoms with Crippen molar-refractivity contribution in [2.75, 3.05) is 6.61 Å². The molecule has 163 valence electrons. The van der Waals surface area contributed by atoms with Crippen LogP contribution in [0.5, 0.6) is 0 Å². The van der Waals surface area contributed by atoms with Crippen LogP contribution < -0.4 is 0 Å². The van der Waals surface area contributed by atoms with E-state index in [1.807, 2.05) is 0 Å². The van der Waals surface area contributed by atoms with Crippen LogP contribution in [0, 0.1) is 18.1 Å². The zero-order valence-electron chi connectivity index (χ0n) is 19.9. The summed E-state index contributed by atoms with van der Waals surface area (Å²) >= 11 is 0. The predicted molar refractivity (Wildman–Crippen MR) is 122 cm³/mol. The fourth-order valence-corrected chi connectivity index (χ4v) is 10.7. The van der Waals surface area contributed by atoms with Crippen molar-refractivity contribution in [2.24, 2.45) is 0 Å². The van der Waals surface area contributed by atoms with Gasteiger partial charge in [-0.3, -0.25) is 0 Å². The smallest absolute Gasteiger partial charge is 0.192 e. The lowest BCUT2D eigenvalue weighted by molar-refractivity contribution is -0.0480. The van der Waals surface area contributed by atoms with Gasteiger partial charge in [-0.1, -0.05) is 68.2 Å². The van der Waals surface area contributed by atoms with Crippen molar-refractivity contribution >= 4 is 16.4 Å². The molecule has 28 heavy (non-hydrogen) atoms. The van der Waals surface area contributed by atoms with Gasteiger partial charge in [-0.15, -0.1) is 5.54 Å². The predicted octanol–water partition coefficient (Wildman–Crippen LogP) is 4.88. The van der Waals surface area contributed by atoms with Gasteiger partial charge < -0.3 is 19.4 Å². The highest BCUT2D eigenvalue weighted by molar-refractivity contribution is 6.90. The van der Waals surface area contributed by atoms with Crippen LogP contribution in [0.4, 0.5) is 0 Å². The van der Waals surface area contributed by atoms with Crippen molar-refractivity contribution in [2.45, 2.75) is 115 Å². The maximum atomic E-state index is 11.6. The molecule has 3 atom stereocenters. The van der Waals surface area contributed by atoms with Gasteiger partial charge in [-0.05, 0) is 34.8 Å². The average molecular weight is 428 g/mol. The number of hydrogen-bond donors (Lipinski definition) is 2. The molecule has 0 saturated carbocycles. The van der Waals surface area contributed by atoms with E-state index in [0.717, 1.165) is 0 Å². The van der Waals surface area contributed by atoms with Crippen LogP contribution in [0.25, 0.3) is 0 Å². The van der Waals surface area contributed by atoms with Crippen molar-refractivity contribution in [3.05, 3.63) is 6.61 Å². The first-order valence-electron chi connectivity index (χ1n) is 10.6. The Hall–Kier alpha value is -0.166. The molecule has 1 radical (unpaired) electrons. The third-order valence-electron chi connectivity index (χ3n) is 7.03. The molecule has 6 heteroatoms. The molecule has 0 unspecified atom stereocenters. The number of aliphatic hydroxyl groups excluding tert-OH is 1. The molecule has 1 rings (SSSR count). The monoisotopic (exact) mass is 427 g/mol. The third-order valence-corrected chi connectivity index (χ3v) is 17.8. The van der Waals surface area contributed by atoms with E-state index in [1.165, 1.54) is 0 Å². The van der Waals surface area contributed by atoms with Crippen LogP contribution in [0.1, 0.15) is 62.3 Å². The molecule has 0 aliphatic carbocycles. The van der Waals surface area contributed by atoms with Crippen LogP contribution in [0.15, 0.2) is 0 Å². The number of ether oxygens (including phenoxy) is 1. The van der Waals surface area contributed by atoms with E-state index in [0.29, 0.717) is 16.6 Å². The highest BCUT2D eigenvalue weighted by Crippen LogP contribution is 2.43. The summed E-state index contributed by atoms with van der Waals surface area (Å²) < 4.78 is 12.1. The summed E-state index contributed by atoms with van der Waals surface area (Å²) in [5.74, 6) is 3.22. The Kier molecular flexibility index (Phi) is 8.23. The van der Waals surface area contributed by atoms with Crippen molar-refractivity contribution in [1.29, 1.82) is 0 Å². The summed E-state index contributed by atoms with van der Waals surface area (Å²) in [5.41, 5.74) is 3.45. The van der Waals surface area contributed by atoms with E-state index in [4.69, 9.17) is 9.16 Å². The van der Waals surface area contributed by atoms with E-state index in [9.17, 15) is 10.2 Å². The standard InChI is InChI=1S/C22H43O4Si2/c1-16(2)28(17(3)4,18(5)6)13-12-22(24)19(14-23)25-15-20(22)26-27(10,11)21(7,8)9/h15-20,23-24H,14H2,1-11H3/t19-,20+,22-/m1/s1. The summed E-state index contributed by atoms with van der Waals surface area (Å²) in [4.78, 5) is 0. The summed E-state index contributed by atoms with van der Waals surface area (Å²) in [6.07, 6.45) is -1.44. The Morgan fingerprint density at radius 1 is 1.07 bits per heavy atom. The second-order valence-corrected chi connectivity index (χ2v) is 21.1. The van der Waals surface area contributed by atoms with Gasteiger partial charge in [0.05, 0.1) is 6.61 Å². The molecular formula is C22H43O4Si2. The van der Waals surface area contributed by atoms with Gasteiger partial charge in [0.25, 0.3) is 0 Å². The fraction of sp³-hybridized carbons (Fsp3) is 0.864. The summed E-state index contributed by atoms with van der Waals surface area (Å²) in [5, 5.41) is 21.4.